The van der Waals surface area contributed by atoms with E-state index in [9.17, 15) is 18.0 Å². The number of hydrogen-bond donors (Lipinski definition) is 1. The first-order valence-electron chi connectivity index (χ1n) is 14.8. The summed E-state index contributed by atoms with van der Waals surface area (Å²) in [5.74, 6) is -0.295. The second-order valence-corrected chi connectivity index (χ2v) is 13.3. The summed E-state index contributed by atoms with van der Waals surface area (Å²) < 4.78 is 35.3. The number of para-hydroxylation sites is 1. The molecule has 0 bridgehead atoms. The maximum atomic E-state index is 14.5. The van der Waals surface area contributed by atoms with E-state index in [1.807, 2.05) is 61.5 Å². The summed E-state index contributed by atoms with van der Waals surface area (Å²) in [5.41, 5.74) is 2.00. The lowest BCUT2D eigenvalue weighted by atomic mass is 10.0. The molecule has 1 atom stereocenters. The summed E-state index contributed by atoms with van der Waals surface area (Å²) in [6.45, 7) is 2.10. The van der Waals surface area contributed by atoms with E-state index >= 15 is 0 Å². The number of nitrogens with zero attached hydrogens (tertiary/aromatic N) is 2. The van der Waals surface area contributed by atoms with Crippen molar-refractivity contribution in [2.45, 2.75) is 43.7 Å². The molecule has 0 spiro atoms. The highest BCUT2D eigenvalue weighted by molar-refractivity contribution is 9.10. The van der Waals surface area contributed by atoms with E-state index in [4.69, 9.17) is 4.74 Å². The van der Waals surface area contributed by atoms with Crippen LogP contribution in [0, 0.1) is 0 Å². The maximum absolute atomic E-state index is 14.5. The van der Waals surface area contributed by atoms with E-state index in [1.165, 1.54) is 24.1 Å². The van der Waals surface area contributed by atoms with Gasteiger partial charge in [0.15, 0.2) is 0 Å². The molecular formula is C35H38BrN3O5S. The molecule has 4 aromatic rings. The number of nitrogens with one attached hydrogen (secondary N) is 1. The Kier molecular flexibility index (Phi) is 12.2. The van der Waals surface area contributed by atoms with Crippen molar-refractivity contribution in [3.05, 3.63) is 125 Å². The quantitative estimate of drug-likeness (QED) is 0.150. The fourth-order valence-electron chi connectivity index (χ4n) is 4.89. The molecule has 0 fully saturated rings. The molecule has 0 aliphatic rings. The van der Waals surface area contributed by atoms with E-state index in [0.717, 1.165) is 32.7 Å². The highest BCUT2D eigenvalue weighted by Gasteiger charge is 2.34. The lowest BCUT2D eigenvalue weighted by Crippen LogP contribution is -2.53. The van der Waals surface area contributed by atoms with Gasteiger partial charge in [0.25, 0.3) is 10.0 Å². The summed E-state index contributed by atoms with van der Waals surface area (Å²) in [7, 11) is -2.68. The highest BCUT2D eigenvalue weighted by Crippen LogP contribution is 2.26. The van der Waals surface area contributed by atoms with Crippen LogP contribution < -0.4 is 14.4 Å². The molecule has 0 saturated heterocycles. The van der Waals surface area contributed by atoms with Crippen molar-refractivity contribution in [3.8, 4) is 5.75 Å². The predicted molar refractivity (Wildman–Crippen MR) is 181 cm³/mol. The molecule has 8 nitrogen and oxygen atoms in total. The summed E-state index contributed by atoms with van der Waals surface area (Å²) in [6.07, 6.45) is 1.96. The summed E-state index contributed by atoms with van der Waals surface area (Å²) >= 11 is 3.50. The van der Waals surface area contributed by atoms with Crippen molar-refractivity contribution >= 4 is 43.5 Å². The van der Waals surface area contributed by atoms with Crippen LogP contribution in [-0.4, -0.2) is 51.4 Å². The van der Waals surface area contributed by atoms with Crippen LogP contribution in [0.2, 0.25) is 0 Å². The van der Waals surface area contributed by atoms with Crippen molar-refractivity contribution in [1.82, 2.24) is 10.2 Å². The van der Waals surface area contributed by atoms with Crippen molar-refractivity contribution in [3.63, 3.8) is 0 Å². The summed E-state index contributed by atoms with van der Waals surface area (Å²) in [6, 6.07) is 30.7. The molecule has 0 saturated carbocycles. The number of carbonyl (C=O) groups is 2. The Hall–Kier alpha value is -4.15. The van der Waals surface area contributed by atoms with Gasteiger partial charge in [-0.2, -0.15) is 0 Å². The molecule has 2 amide bonds. The first-order valence-corrected chi connectivity index (χ1v) is 17.0. The number of sulfonamides is 1. The Bertz CT molecular complexity index is 1650. The van der Waals surface area contributed by atoms with Crippen LogP contribution in [0.3, 0.4) is 0 Å². The molecule has 4 aromatic carbocycles. The van der Waals surface area contributed by atoms with E-state index in [1.54, 1.807) is 42.5 Å². The topological polar surface area (TPSA) is 96.0 Å². The summed E-state index contributed by atoms with van der Waals surface area (Å²) in [5, 5.41) is 3.00. The lowest BCUT2D eigenvalue weighted by Gasteiger charge is -2.34. The number of anilines is 1. The smallest absolute Gasteiger partial charge is 0.264 e. The standard InChI is InChI=1S/C35H38BrN3O5S/c1-3-4-22-37-35(41)33(24-27-12-7-5-8-13-27)38(25-28-14-11-15-29(36)23-28)34(40)26-39(30-16-9-6-10-17-30)45(42,43)32-20-18-31(44-2)19-21-32/h5-21,23,33H,3-4,22,24-26H2,1-2H3,(H,37,41). The van der Waals surface area contributed by atoms with Gasteiger partial charge in [-0.25, -0.2) is 8.42 Å². The van der Waals surface area contributed by atoms with Gasteiger partial charge in [-0.3, -0.25) is 13.9 Å². The van der Waals surface area contributed by atoms with Gasteiger partial charge in [0.1, 0.15) is 18.3 Å². The van der Waals surface area contributed by atoms with E-state index in [2.05, 4.69) is 21.2 Å². The molecule has 0 radical (unpaired) electrons. The molecule has 0 aliphatic heterocycles. The molecule has 1 N–H and O–H groups in total. The van der Waals surface area contributed by atoms with Gasteiger partial charge in [-0.05, 0) is 66.1 Å². The number of ether oxygens (including phenoxy) is 1. The molecular weight excluding hydrogens is 654 g/mol. The minimum absolute atomic E-state index is 0.0108. The van der Waals surface area contributed by atoms with Gasteiger partial charge in [0.2, 0.25) is 11.8 Å². The molecule has 1 unspecified atom stereocenters. The zero-order valence-electron chi connectivity index (χ0n) is 25.4. The average molecular weight is 693 g/mol. The van der Waals surface area contributed by atoms with Crippen molar-refractivity contribution in [1.29, 1.82) is 0 Å². The van der Waals surface area contributed by atoms with E-state index < -0.39 is 28.5 Å². The molecule has 4 rings (SSSR count). The van der Waals surface area contributed by atoms with Crippen LogP contribution in [-0.2, 0) is 32.6 Å². The van der Waals surface area contributed by atoms with Crippen molar-refractivity contribution < 1.29 is 22.7 Å². The van der Waals surface area contributed by atoms with Crippen molar-refractivity contribution in [2.75, 3.05) is 24.5 Å². The van der Waals surface area contributed by atoms with Crippen LogP contribution in [0.5, 0.6) is 5.75 Å². The van der Waals surface area contributed by atoms with E-state index in [0.29, 0.717) is 18.0 Å². The fourth-order valence-corrected chi connectivity index (χ4v) is 6.75. The third kappa shape index (κ3) is 9.18. The number of benzene rings is 4. The number of halogens is 1. The molecule has 0 aromatic heterocycles. The monoisotopic (exact) mass is 691 g/mol. The largest absolute Gasteiger partial charge is 0.497 e. The zero-order chi connectivity index (χ0) is 32.2. The number of unbranched alkanes of at least 4 members (excludes halogenated alkanes) is 1. The van der Waals surface area contributed by atoms with Gasteiger partial charge in [-0.1, -0.05) is 89.9 Å². The van der Waals surface area contributed by atoms with Crippen LogP contribution in [0.4, 0.5) is 5.69 Å². The number of rotatable bonds is 15. The number of amides is 2. The predicted octanol–water partition coefficient (Wildman–Crippen LogP) is 6.21. The Balaban J connectivity index is 1.77. The number of carbonyl (C=O) groups excluding carboxylic acids is 2. The minimum atomic E-state index is -4.19. The Morgan fingerprint density at radius 3 is 2.13 bits per heavy atom. The normalized spacial score (nSPS) is 11.8. The van der Waals surface area contributed by atoms with Gasteiger partial charge in [-0.15, -0.1) is 0 Å². The minimum Gasteiger partial charge on any atom is -0.497 e. The van der Waals surface area contributed by atoms with Crippen LogP contribution >= 0.6 is 15.9 Å². The van der Waals surface area contributed by atoms with E-state index in [-0.39, 0.29) is 23.8 Å². The lowest BCUT2D eigenvalue weighted by molar-refractivity contribution is -0.140. The zero-order valence-corrected chi connectivity index (χ0v) is 27.8. The Morgan fingerprint density at radius 1 is 0.867 bits per heavy atom. The SMILES string of the molecule is CCCCNC(=O)C(Cc1ccccc1)N(Cc1cccc(Br)c1)C(=O)CN(c1ccccc1)S(=O)(=O)c1ccc(OC)cc1. The van der Waals surface area contributed by atoms with Gasteiger partial charge < -0.3 is 15.0 Å². The van der Waals surface area contributed by atoms with Gasteiger partial charge >= 0.3 is 0 Å². The molecule has 10 heteroatoms. The molecule has 0 heterocycles. The molecule has 45 heavy (non-hydrogen) atoms. The second kappa shape index (κ2) is 16.2. The molecule has 0 aliphatic carbocycles. The van der Waals surface area contributed by atoms with Gasteiger partial charge in [0, 0.05) is 24.0 Å². The maximum Gasteiger partial charge on any atom is 0.264 e. The first kappa shape index (κ1) is 33.7. The average Bonchev–Trinajstić information content (AvgIpc) is 3.06. The van der Waals surface area contributed by atoms with Crippen LogP contribution in [0.15, 0.2) is 119 Å². The van der Waals surface area contributed by atoms with Crippen LogP contribution in [0.25, 0.3) is 0 Å². The van der Waals surface area contributed by atoms with Crippen molar-refractivity contribution in [2.24, 2.45) is 0 Å². The van der Waals surface area contributed by atoms with Gasteiger partial charge in [0.05, 0.1) is 17.7 Å². The second-order valence-electron chi connectivity index (χ2n) is 10.5. The number of hydrogen-bond acceptors (Lipinski definition) is 5. The molecule has 236 valence electrons. The van der Waals surface area contributed by atoms with Crippen LogP contribution in [0.1, 0.15) is 30.9 Å². The number of methoxy groups -OCH3 is 1. The summed E-state index contributed by atoms with van der Waals surface area (Å²) in [4.78, 5) is 29.8. The third-order valence-corrected chi connectivity index (χ3v) is 9.59. The fraction of sp³-hybridized carbons (Fsp3) is 0.257. The third-order valence-electron chi connectivity index (χ3n) is 7.31. The first-order chi connectivity index (χ1) is 21.7. The Morgan fingerprint density at radius 2 is 1.51 bits per heavy atom. The Labute approximate surface area is 274 Å². The highest BCUT2D eigenvalue weighted by atomic mass is 79.9.